The molecule has 0 spiro atoms. The van der Waals surface area contributed by atoms with Crippen molar-refractivity contribution in [2.45, 2.75) is 6.04 Å². The molecule has 0 aliphatic rings. The normalized spacial score (nSPS) is 13.1. The quantitative estimate of drug-likeness (QED) is 0.749. The number of hydrogen-bond acceptors (Lipinski definition) is 5. The Morgan fingerprint density at radius 1 is 1.62 bits per heavy atom. The predicted molar refractivity (Wildman–Crippen MR) is 49.1 cm³/mol. The lowest BCUT2D eigenvalue weighted by molar-refractivity contribution is 0.763. The number of hydrogen-bond donors (Lipinski definition) is 1. The maximum Gasteiger partial charge on any atom is 0.0969 e. The van der Waals surface area contributed by atoms with Crippen LogP contribution in [0.1, 0.15) is 17.3 Å². The third-order valence-corrected chi connectivity index (χ3v) is 2.30. The van der Waals surface area contributed by atoms with Crippen LogP contribution in [0.4, 0.5) is 0 Å². The first kappa shape index (κ1) is 8.33. The molecular weight excluding hydrogens is 186 g/mol. The minimum absolute atomic E-state index is 0.215. The first-order chi connectivity index (χ1) is 6.27. The number of aromatic nitrogens is 4. The minimum Gasteiger partial charge on any atom is -0.319 e. The molecule has 5 nitrogen and oxygen atoms in total. The number of aryl methyl sites for hydroxylation is 1. The summed E-state index contributed by atoms with van der Waals surface area (Å²) in [5, 5.41) is 9.79. The Morgan fingerprint density at radius 3 is 3.00 bits per heavy atom. The lowest BCUT2D eigenvalue weighted by Gasteiger charge is -2.03. The summed E-state index contributed by atoms with van der Waals surface area (Å²) in [6, 6.07) is -0.215. The molecule has 68 valence electrons. The smallest absolute Gasteiger partial charge is 0.0969 e. The Balaban J connectivity index is 2.28. The van der Waals surface area contributed by atoms with Crippen LogP contribution in [0, 0.1) is 0 Å². The zero-order valence-electron chi connectivity index (χ0n) is 7.08. The van der Waals surface area contributed by atoms with Crippen molar-refractivity contribution in [3.63, 3.8) is 0 Å². The highest BCUT2D eigenvalue weighted by atomic mass is 32.1. The van der Waals surface area contributed by atoms with E-state index >= 15 is 0 Å². The molecule has 0 radical (unpaired) electrons. The first-order valence-electron chi connectivity index (χ1n) is 3.78. The lowest BCUT2D eigenvalue weighted by Crippen LogP contribution is -2.11. The Morgan fingerprint density at radius 2 is 2.46 bits per heavy atom. The van der Waals surface area contributed by atoms with Gasteiger partial charge in [-0.15, -0.1) is 5.10 Å². The van der Waals surface area contributed by atoms with Gasteiger partial charge in [0, 0.05) is 24.2 Å². The number of nitrogens with two attached hydrogens (primary N) is 1. The molecule has 2 rings (SSSR count). The summed E-state index contributed by atoms with van der Waals surface area (Å²) >= 11 is 1.30. The summed E-state index contributed by atoms with van der Waals surface area (Å²) in [6.45, 7) is 0. The van der Waals surface area contributed by atoms with Gasteiger partial charge in [-0.3, -0.25) is 4.68 Å². The first-order valence-corrected chi connectivity index (χ1v) is 4.62. The molecule has 1 atom stereocenters. The van der Waals surface area contributed by atoms with Crippen LogP contribution >= 0.6 is 11.5 Å². The molecule has 6 heteroatoms. The molecular formula is C7H9N5S. The van der Waals surface area contributed by atoms with Gasteiger partial charge in [-0.1, -0.05) is 4.49 Å². The van der Waals surface area contributed by atoms with E-state index in [1.165, 1.54) is 11.5 Å². The summed E-state index contributed by atoms with van der Waals surface area (Å²) in [4.78, 5) is 0. The second kappa shape index (κ2) is 3.23. The molecule has 2 N–H and O–H groups in total. The highest BCUT2D eigenvalue weighted by Crippen LogP contribution is 2.16. The van der Waals surface area contributed by atoms with Crippen molar-refractivity contribution in [2.75, 3.05) is 0 Å². The molecule has 13 heavy (non-hydrogen) atoms. The van der Waals surface area contributed by atoms with E-state index in [0.717, 1.165) is 11.3 Å². The van der Waals surface area contributed by atoms with Gasteiger partial charge in [-0.2, -0.15) is 5.10 Å². The number of rotatable bonds is 2. The van der Waals surface area contributed by atoms with E-state index in [1.807, 2.05) is 18.6 Å². The third-order valence-electron chi connectivity index (χ3n) is 1.78. The summed E-state index contributed by atoms with van der Waals surface area (Å²) in [6.07, 6.45) is 3.62. The van der Waals surface area contributed by atoms with E-state index in [2.05, 4.69) is 14.7 Å². The molecule has 0 aromatic carbocycles. The summed E-state index contributed by atoms with van der Waals surface area (Å²) in [5.74, 6) is 0. The maximum atomic E-state index is 5.92. The fourth-order valence-electron chi connectivity index (χ4n) is 1.08. The van der Waals surface area contributed by atoms with Gasteiger partial charge in [0.15, 0.2) is 0 Å². The van der Waals surface area contributed by atoms with Crippen molar-refractivity contribution in [3.05, 3.63) is 29.0 Å². The fourth-order valence-corrected chi connectivity index (χ4v) is 1.57. The van der Waals surface area contributed by atoms with Gasteiger partial charge in [0.25, 0.3) is 0 Å². The van der Waals surface area contributed by atoms with Crippen LogP contribution in [0.2, 0.25) is 0 Å². The molecule has 0 aliphatic carbocycles. The van der Waals surface area contributed by atoms with E-state index in [0.29, 0.717) is 0 Å². The van der Waals surface area contributed by atoms with Crippen molar-refractivity contribution in [2.24, 2.45) is 12.8 Å². The van der Waals surface area contributed by atoms with E-state index in [-0.39, 0.29) is 6.04 Å². The van der Waals surface area contributed by atoms with Crippen molar-refractivity contribution in [3.8, 4) is 0 Å². The van der Waals surface area contributed by atoms with Crippen LogP contribution in [0.25, 0.3) is 0 Å². The van der Waals surface area contributed by atoms with Gasteiger partial charge in [0.1, 0.15) is 0 Å². The monoisotopic (exact) mass is 195 g/mol. The van der Waals surface area contributed by atoms with Crippen molar-refractivity contribution in [1.82, 2.24) is 19.4 Å². The molecule has 0 saturated carbocycles. The fraction of sp³-hybridized carbons (Fsp3) is 0.286. The topological polar surface area (TPSA) is 69.6 Å². The Hall–Kier alpha value is -1.27. The van der Waals surface area contributed by atoms with E-state index in [1.54, 1.807) is 10.9 Å². The zero-order valence-corrected chi connectivity index (χ0v) is 7.90. The van der Waals surface area contributed by atoms with Crippen LogP contribution in [0.3, 0.4) is 0 Å². The third kappa shape index (κ3) is 1.58. The summed E-state index contributed by atoms with van der Waals surface area (Å²) in [5.41, 5.74) is 7.67. The Labute approximate surface area is 79.4 Å². The van der Waals surface area contributed by atoms with Crippen LogP contribution in [-0.2, 0) is 7.05 Å². The number of nitrogens with zero attached hydrogens (tertiary/aromatic N) is 4. The highest BCUT2D eigenvalue weighted by Gasteiger charge is 2.12. The Bertz CT molecular complexity index is 379. The molecule has 2 aromatic rings. The minimum atomic E-state index is -0.215. The SMILES string of the molecule is Cn1cc(C(N)c2csnn2)cn1. The lowest BCUT2D eigenvalue weighted by atomic mass is 10.1. The summed E-state index contributed by atoms with van der Waals surface area (Å²) < 4.78 is 5.48. The molecule has 1 unspecified atom stereocenters. The molecule has 0 aliphatic heterocycles. The van der Waals surface area contributed by atoms with Crippen LogP contribution < -0.4 is 5.73 Å². The summed E-state index contributed by atoms with van der Waals surface area (Å²) in [7, 11) is 1.86. The molecule has 0 saturated heterocycles. The average Bonchev–Trinajstić information content (AvgIpc) is 2.72. The van der Waals surface area contributed by atoms with Gasteiger partial charge >= 0.3 is 0 Å². The van der Waals surface area contributed by atoms with Crippen molar-refractivity contribution in [1.29, 1.82) is 0 Å². The van der Waals surface area contributed by atoms with E-state index in [4.69, 9.17) is 5.73 Å². The second-order valence-corrected chi connectivity index (χ2v) is 3.36. The molecule has 2 heterocycles. The average molecular weight is 195 g/mol. The zero-order chi connectivity index (χ0) is 9.26. The van der Waals surface area contributed by atoms with Gasteiger partial charge in [-0.05, 0) is 11.5 Å². The van der Waals surface area contributed by atoms with Gasteiger partial charge < -0.3 is 5.73 Å². The molecule has 0 bridgehead atoms. The van der Waals surface area contributed by atoms with E-state index in [9.17, 15) is 0 Å². The predicted octanol–water partition coefficient (Wildman–Crippen LogP) is 0.320. The van der Waals surface area contributed by atoms with Gasteiger partial charge in [-0.25, -0.2) is 0 Å². The molecule has 0 amide bonds. The van der Waals surface area contributed by atoms with Crippen LogP contribution in [0.15, 0.2) is 17.8 Å². The van der Waals surface area contributed by atoms with Crippen molar-refractivity contribution < 1.29 is 0 Å². The van der Waals surface area contributed by atoms with Crippen molar-refractivity contribution >= 4 is 11.5 Å². The highest BCUT2D eigenvalue weighted by molar-refractivity contribution is 7.03. The molecule has 0 fully saturated rings. The Kier molecular flexibility index (Phi) is 2.07. The van der Waals surface area contributed by atoms with E-state index < -0.39 is 0 Å². The van der Waals surface area contributed by atoms with Gasteiger partial charge in [0.2, 0.25) is 0 Å². The van der Waals surface area contributed by atoms with Crippen LogP contribution in [0.5, 0.6) is 0 Å². The van der Waals surface area contributed by atoms with Crippen LogP contribution in [-0.4, -0.2) is 19.4 Å². The van der Waals surface area contributed by atoms with Gasteiger partial charge in [0.05, 0.1) is 17.9 Å². The standard InChI is InChI=1S/C7H9N5S/c1-12-3-5(2-9-12)7(8)6-4-13-11-10-6/h2-4,7H,8H2,1H3. The second-order valence-electron chi connectivity index (χ2n) is 2.75. The molecule has 2 aromatic heterocycles. The maximum absolute atomic E-state index is 5.92. The largest absolute Gasteiger partial charge is 0.319 e.